The topological polar surface area (TPSA) is 102 Å². The summed E-state index contributed by atoms with van der Waals surface area (Å²) in [5.41, 5.74) is 2.73. The minimum Gasteiger partial charge on any atom is -0.481 e. The fraction of sp³-hybridized carbons (Fsp3) is 0.276. The Balaban J connectivity index is 1.24. The van der Waals surface area contributed by atoms with Crippen LogP contribution in [-0.4, -0.2) is 66.7 Å². The first-order valence-electron chi connectivity index (χ1n) is 12.1. The van der Waals surface area contributed by atoms with Crippen LogP contribution in [0.1, 0.15) is 23.7 Å². The Morgan fingerprint density at radius 3 is 2.59 bits per heavy atom. The molecule has 0 radical (unpaired) electrons. The Morgan fingerprint density at radius 1 is 1.14 bits per heavy atom. The maximum atomic E-state index is 12.3. The lowest BCUT2D eigenvalue weighted by Crippen LogP contribution is -2.50. The first-order chi connectivity index (χ1) is 18.0. The predicted octanol–water partition coefficient (Wildman–Crippen LogP) is 3.36. The summed E-state index contributed by atoms with van der Waals surface area (Å²) >= 11 is 0. The largest absolute Gasteiger partial charge is 0.481 e. The van der Waals surface area contributed by atoms with E-state index in [4.69, 9.17) is 19.3 Å². The maximum Gasteiger partial charge on any atom is 0.304 e. The van der Waals surface area contributed by atoms with Crippen molar-refractivity contribution in [3.8, 4) is 5.75 Å². The van der Waals surface area contributed by atoms with E-state index in [9.17, 15) is 14.4 Å². The second-order valence-electron chi connectivity index (χ2n) is 9.09. The quantitative estimate of drug-likeness (QED) is 0.370. The van der Waals surface area contributed by atoms with Crippen molar-refractivity contribution >= 4 is 24.1 Å². The summed E-state index contributed by atoms with van der Waals surface area (Å²) < 4.78 is 17.6. The summed E-state index contributed by atoms with van der Waals surface area (Å²) in [6, 6.07) is 16.8. The van der Waals surface area contributed by atoms with Crippen LogP contribution in [-0.2, 0) is 23.9 Å². The van der Waals surface area contributed by atoms with Crippen molar-refractivity contribution in [1.29, 1.82) is 0 Å². The van der Waals surface area contributed by atoms with Crippen LogP contribution in [0.15, 0.2) is 84.0 Å². The second kappa shape index (κ2) is 10.6. The number of nitrogens with zero attached hydrogens (tertiary/aromatic N) is 1. The average Bonchev–Trinajstić information content (AvgIpc) is 2.95. The molecule has 1 saturated heterocycles. The third-order valence-corrected chi connectivity index (χ3v) is 6.81. The fourth-order valence-electron chi connectivity index (χ4n) is 4.84. The number of ether oxygens (including phenoxy) is 3. The number of carboxylic acids is 1. The zero-order chi connectivity index (χ0) is 25.8. The van der Waals surface area contributed by atoms with E-state index >= 15 is 0 Å². The lowest BCUT2D eigenvalue weighted by Gasteiger charge is -2.43. The highest BCUT2D eigenvalue weighted by atomic mass is 16.7. The molecule has 37 heavy (non-hydrogen) atoms. The van der Waals surface area contributed by atoms with Gasteiger partial charge in [0.1, 0.15) is 5.75 Å². The third-order valence-electron chi connectivity index (χ3n) is 6.81. The molecule has 0 spiro atoms. The van der Waals surface area contributed by atoms with Gasteiger partial charge in [0.15, 0.2) is 18.2 Å². The summed E-state index contributed by atoms with van der Waals surface area (Å²) in [5, 5.41) is 8.93. The number of hydrogen-bond acceptors (Lipinski definition) is 7. The summed E-state index contributed by atoms with van der Waals surface area (Å²) in [5.74, 6) is -0.412. The number of allylic oxidation sites excluding steroid dienone is 2. The number of carbonyl (C=O) groups excluding carboxylic acids is 2. The molecule has 2 bridgehead atoms. The normalized spacial score (nSPS) is 23.6. The van der Waals surface area contributed by atoms with Crippen LogP contribution in [0.5, 0.6) is 5.75 Å². The van der Waals surface area contributed by atoms with Crippen LogP contribution in [0.3, 0.4) is 0 Å². The van der Waals surface area contributed by atoms with Gasteiger partial charge in [0.2, 0.25) is 0 Å². The van der Waals surface area contributed by atoms with Crippen LogP contribution >= 0.6 is 0 Å². The first-order valence-corrected chi connectivity index (χ1v) is 12.1. The van der Waals surface area contributed by atoms with Gasteiger partial charge in [-0.3, -0.25) is 19.3 Å². The zero-order valence-electron chi connectivity index (χ0n) is 20.1. The van der Waals surface area contributed by atoms with Crippen molar-refractivity contribution in [2.24, 2.45) is 0 Å². The Hall–Kier alpha value is -3.85. The van der Waals surface area contributed by atoms with Crippen LogP contribution in [0.4, 0.5) is 0 Å². The van der Waals surface area contributed by atoms with E-state index < -0.39 is 17.9 Å². The van der Waals surface area contributed by atoms with Crippen LogP contribution in [0.25, 0.3) is 5.57 Å². The SMILES string of the molecule is O=CC(Oc1ccc(C2CN(CCC(=O)O)CCO2)cc1)OC1(C=O)c2ccc(-c3ccccc3)c1c2. The average molecular weight is 502 g/mol. The van der Waals surface area contributed by atoms with Gasteiger partial charge in [-0.1, -0.05) is 54.6 Å². The molecule has 1 aliphatic heterocycles. The van der Waals surface area contributed by atoms with Crippen molar-refractivity contribution in [3.63, 3.8) is 0 Å². The van der Waals surface area contributed by atoms with Gasteiger partial charge in [0.05, 0.1) is 19.1 Å². The number of aldehydes is 2. The summed E-state index contributed by atoms with van der Waals surface area (Å²) in [6.07, 6.45) is 5.50. The molecular formula is C29H27NO7. The highest BCUT2D eigenvalue weighted by Gasteiger charge is 2.50. The monoisotopic (exact) mass is 501 g/mol. The first kappa shape index (κ1) is 24.8. The van der Waals surface area contributed by atoms with Crippen molar-refractivity contribution in [2.75, 3.05) is 26.2 Å². The van der Waals surface area contributed by atoms with E-state index in [1.807, 2.05) is 60.7 Å². The van der Waals surface area contributed by atoms with Gasteiger partial charge >= 0.3 is 5.97 Å². The third kappa shape index (κ3) is 5.04. The molecule has 1 N–H and O–H groups in total. The molecule has 0 aromatic heterocycles. The number of fused-ring (bicyclic) bond motifs is 2. The zero-order valence-corrected chi connectivity index (χ0v) is 20.1. The molecule has 1 heterocycles. The molecule has 0 saturated carbocycles. The number of carboxylic acid groups (broad SMARTS) is 1. The van der Waals surface area contributed by atoms with Gasteiger partial charge in [-0.05, 0) is 40.5 Å². The predicted molar refractivity (Wildman–Crippen MR) is 135 cm³/mol. The van der Waals surface area contributed by atoms with Gasteiger partial charge < -0.3 is 19.3 Å². The molecular weight excluding hydrogens is 474 g/mol. The molecule has 0 amide bonds. The molecule has 5 rings (SSSR count). The Kier molecular flexibility index (Phi) is 7.14. The smallest absolute Gasteiger partial charge is 0.304 e. The number of benzene rings is 2. The molecule has 2 aromatic rings. The van der Waals surface area contributed by atoms with Gasteiger partial charge in [-0.15, -0.1) is 0 Å². The van der Waals surface area contributed by atoms with E-state index in [1.54, 1.807) is 12.1 Å². The number of hydrogen-bond donors (Lipinski definition) is 1. The van der Waals surface area contributed by atoms with Gasteiger partial charge in [-0.2, -0.15) is 0 Å². The fourth-order valence-corrected chi connectivity index (χ4v) is 4.84. The van der Waals surface area contributed by atoms with Crippen LogP contribution < -0.4 is 4.74 Å². The number of aliphatic carboxylic acids is 1. The van der Waals surface area contributed by atoms with E-state index in [1.165, 1.54) is 0 Å². The summed E-state index contributed by atoms with van der Waals surface area (Å²) in [6.45, 7) is 2.27. The molecule has 3 aliphatic rings. The van der Waals surface area contributed by atoms with E-state index in [-0.39, 0.29) is 12.5 Å². The van der Waals surface area contributed by atoms with Gasteiger partial charge in [-0.25, -0.2) is 0 Å². The lowest BCUT2D eigenvalue weighted by molar-refractivity contribution is -0.161. The van der Waals surface area contributed by atoms with Gasteiger partial charge in [0, 0.05) is 25.2 Å². The Labute approximate surface area is 214 Å². The molecule has 1 fully saturated rings. The molecule has 3 atom stereocenters. The highest BCUT2D eigenvalue weighted by Crippen LogP contribution is 2.50. The minimum atomic E-state index is -1.36. The second-order valence-corrected chi connectivity index (χ2v) is 9.09. The maximum absolute atomic E-state index is 12.3. The van der Waals surface area contributed by atoms with Crippen molar-refractivity contribution < 1.29 is 33.7 Å². The molecule has 8 heteroatoms. The minimum absolute atomic E-state index is 0.0886. The Bertz CT molecular complexity index is 1260. The molecule has 8 nitrogen and oxygen atoms in total. The van der Waals surface area contributed by atoms with E-state index in [2.05, 4.69) is 4.90 Å². The standard InChI is InChI=1S/C29H27NO7/c31-18-28(37-29(19-32)22-8-11-24(25(29)16-22)20-4-2-1-3-5-20)36-23-9-6-21(7-10-23)26-17-30(14-15-35-26)13-12-27(33)34/h1-11,16,18-19,26,28H,12-15,17H2,(H,33,34). The van der Waals surface area contributed by atoms with Crippen LogP contribution in [0, 0.1) is 0 Å². The van der Waals surface area contributed by atoms with Crippen molar-refractivity contribution in [1.82, 2.24) is 4.90 Å². The Morgan fingerprint density at radius 2 is 1.92 bits per heavy atom. The van der Waals surface area contributed by atoms with Crippen molar-refractivity contribution in [3.05, 3.63) is 95.1 Å². The number of morpholine rings is 1. The van der Waals surface area contributed by atoms with Crippen LogP contribution in [0.2, 0.25) is 0 Å². The molecule has 2 aliphatic carbocycles. The van der Waals surface area contributed by atoms with E-state index in [0.717, 1.165) is 16.7 Å². The van der Waals surface area contributed by atoms with Gasteiger partial charge in [0.25, 0.3) is 6.29 Å². The van der Waals surface area contributed by atoms with Crippen molar-refractivity contribution in [2.45, 2.75) is 24.4 Å². The summed E-state index contributed by atoms with van der Waals surface area (Å²) in [7, 11) is 0. The summed E-state index contributed by atoms with van der Waals surface area (Å²) in [4.78, 5) is 37.1. The number of carbonyl (C=O) groups is 3. The highest BCUT2D eigenvalue weighted by molar-refractivity contribution is 5.99. The van der Waals surface area contributed by atoms with E-state index in [0.29, 0.717) is 55.7 Å². The molecule has 2 aromatic carbocycles. The lowest BCUT2D eigenvalue weighted by atomic mass is 9.67. The molecule has 3 unspecified atom stereocenters. The number of rotatable bonds is 11. The molecule has 190 valence electrons.